The quantitative estimate of drug-likeness (QED) is 0.549. The van der Waals surface area contributed by atoms with Gasteiger partial charge >= 0.3 is 11.8 Å². The summed E-state index contributed by atoms with van der Waals surface area (Å²) in [5, 5.41) is 7.79. The van der Waals surface area contributed by atoms with Gasteiger partial charge in [0.15, 0.2) is 11.5 Å². The first-order valence-electron chi connectivity index (χ1n) is 9.81. The van der Waals surface area contributed by atoms with Crippen LogP contribution in [-0.2, 0) is 10.0 Å². The zero-order chi connectivity index (χ0) is 22.9. The molecule has 4 rings (SSSR count). The molecular weight excluding hydrogens is 456 g/mol. The number of ether oxygens (including phenoxy) is 2. The lowest BCUT2D eigenvalue weighted by atomic mass is 10.3. The third kappa shape index (κ3) is 4.28. The van der Waals surface area contributed by atoms with E-state index in [-0.39, 0.29) is 22.6 Å². The molecule has 1 N–H and O–H groups in total. The van der Waals surface area contributed by atoms with Gasteiger partial charge in [-0.25, -0.2) is 8.42 Å². The number of carbonyl (C=O) groups excluding carboxylic acids is 1. The van der Waals surface area contributed by atoms with Crippen molar-refractivity contribution in [2.75, 3.05) is 32.0 Å². The summed E-state index contributed by atoms with van der Waals surface area (Å²) in [6.45, 7) is 3.02. The summed E-state index contributed by atoms with van der Waals surface area (Å²) in [6.07, 6.45) is 1.90. The number of likely N-dealkylation sites (tertiary alicyclic amines) is 1. The zero-order valence-corrected chi connectivity index (χ0v) is 19.4. The molecule has 1 amide bonds. The standard InChI is InChI=1S/C20H22N4O6S2/c1-12-17(32(26,27)23-13-6-7-14(28-2)15(10-13)29-3)11-16(31-12)18-21-22-19(30-18)20(25)24-8-4-5-9-24/h6-7,10-11,23H,4-5,8-9H2,1-3H3. The largest absolute Gasteiger partial charge is 0.493 e. The van der Waals surface area contributed by atoms with Gasteiger partial charge in [0.25, 0.3) is 15.9 Å². The Hall–Kier alpha value is -3.12. The number of aryl methyl sites for hydroxylation is 1. The topological polar surface area (TPSA) is 124 Å². The molecule has 1 aliphatic rings. The van der Waals surface area contributed by atoms with E-state index in [4.69, 9.17) is 13.9 Å². The molecule has 3 aromatic rings. The van der Waals surface area contributed by atoms with Crippen molar-refractivity contribution in [3.8, 4) is 22.3 Å². The van der Waals surface area contributed by atoms with Crippen LogP contribution in [-0.4, -0.2) is 56.7 Å². The molecule has 0 aliphatic carbocycles. The fourth-order valence-electron chi connectivity index (χ4n) is 3.41. The van der Waals surface area contributed by atoms with E-state index in [1.807, 2.05) is 0 Å². The number of amides is 1. The van der Waals surface area contributed by atoms with E-state index in [1.54, 1.807) is 24.0 Å². The van der Waals surface area contributed by atoms with Gasteiger partial charge in [-0.1, -0.05) is 0 Å². The molecule has 2 aromatic heterocycles. The molecule has 32 heavy (non-hydrogen) atoms. The third-order valence-electron chi connectivity index (χ3n) is 5.01. The van der Waals surface area contributed by atoms with Crippen LogP contribution in [0.5, 0.6) is 11.5 Å². The Labute approximate surface area is 189 Å². The Morgan fingerprint density at radius 3 is 2.53 bits per heavy atom. The van der Waals surface area contributed by atoms with Crippen LogP contribution in [0.15, 0.2) is 33.6 Å². The second-order valence-electron chi connectivity index (χ2n) is 7.12. The van der Waals surface area contributed by atoms with Crippen LogP contribution in [0.3, 0.4) is 0 Å². The van der Waals surface area contributed by atoms with Gasteiger partial charge < -0.3 is 18.8 Å². The summed E-state index contributed by atoms with van der Waals surface area (Å²) >= 11 is 1.19. The van der Waals surface area contributed by atoms with Crippen LogP contribution >= 0.6 is 11.3 Å². The number of thiophene rings is 1. The molecule has 1 aromatic carbocycles. The van der Waals surface area contributed by atoms with Gasteiger partial charge in [-0.05, 0) is 38.0 Å². The summed E-state index contributed by atoms with van der Waals surface area (Å²) in [7, 11) is -0.929. The van der Waals surface area contributed by atoms with E-state index >= 15 is 0 Å². The van der Waals surface area contributed by atoms with Crippen molar-refractivity contribution in [1.82, 2.24) is 15.1 Å². The highest BCUT2D eigenvalue weighted by molar-refractivity contribution is 7.93. The number of aromatic nitrogens is 2. The maximum atomic E-state index is 13.0. The second-order valence-corrected chi connectivity index (χ2v) is 10.0. The Morgan fingerprint density at radius 2 is 1.84 bits per heavy atom. The average Bonchev–Trinajstić information content (AvgIpc) is 3.53. The number of hydrogen-bond donors (Lipinski definition) is 1. The maximum absolute atomic E-state index is 13.0. The molecule has 0 saturated carbocycles. The number of sulfonamides is 1. The Bertz CT molecular complexity index is 1240. The Kier molecular flexibility index (Phi) is 6.07. The zero-order valence-electron chi connectivity index (χ0n) is 17.7. The molecule has 10 nitrogen and oxygen atoms in total. The first-order chi connectivity index (χ1) is 15.3. The van der Waals surface area contributed by atoms with E-state index in [0.717, 1.165) is 12.8 Å². The summed E-state index contributed by atoms with van der Waals surface area (Å²) in [6, 6.07) is 6.18. The van der Waals surface area contributed by atoms with Crippen LogP contribution in [0.2, 0.25) is 0 Å². The first-order valence-corrected chi connectivity index (χ1v) is 12.1. The van der Waals surface area contributed by atoms with Gasteiger partial charge in [0.1, 0.15) is 4.90 Å². The summed E-state index contributed by atoms with van der Waals surface area (Å²) in [5.74, 6) is 0.586. The summed E-state index contributed by atoms with van der Waals surface area (Å²) < 4.78 is 44.5. The van der Waals surface area contributed by atoms with Crippen LogP contribution in [0.1, 0.15) is 28.4 Å². The SMILES string of the molecule is COc1ccc(NS(=O)(=O)c2cc(-c3nnc(C(=O)N4CCCC4)o3)sc2C)cc1OC. The molecule has 170 valence electrons. The molecule has 3 heterocycles. The fourth-order valence-corrected chi connectivity index (χ4v) is 5.98. The smallest absolute Gasteiger partial charge is 0.311 e. The lowest BCUT2D eigenvalue weighted by molar-refractivity contribution is 0.0754. The highest BCUT2D eigenvalue weighted by Crippen LogP contribution is 2.35. The number of benzene rings is 1. The number of nitrogens with one attached hydrogen (secondary N) is 1. The minimum absolute atomic E-state index is 0.0814. The molecule has 1 aliphatic heterocycles. The molecule has 12 heteroatoms. The van der Waals surface area contributed by atoms with Gasteiger partial charge in [-0.2, -0.15) is 0 Å². The molecule has 0 atom stereocenters. The lowest BCUT2D eigenvalue weighted by Gasteiger charge is -2.11. The number of hydrogen-bond acceptors (Lipinski definition) is 9. The van der Waals surface area contributed by atoms with Crippen molar-refractivity contribution in [1.29, 1.82) is 0 Å². The van der Waals surface area contributed by atoms with E-state index < -0.39 is 10.0 Å². The van der Waals surface area contributed by atoms with Gasteiger partial charge in [-0.15, -0.1) is 21.5 Å². The van der Waals surface area contributed by atoms with E-state index in [2.05, 4.69) is 14.9 Å². The van der Waals surface area contributed by atoms with Gasteiger partial charge in [0.2, 0.25) is 0 Å². The van der Waals surface area contributed by atoms with Crippen LogP contribution in [0.4, 0.5) is 5.69 Å². The monoisotopic (exact) mass is 478 g/mol. The van der Waals surface area contributed by atoms with Crippen LogP contribution in [0.25, 0.3) is 10.8 Å². The molecular formula is C20H22N4O6S2. The predicted molar refractivity (Wildman–Crippen MR) is 118 cm³/mol. The molecule has 1 fully saturated rings. The highest BCUT2D eigenvalue weighted by Gasteiger charge is 2.27. The lowest BCUT2D eigenvalue weighted by Crippen LogP contribution is -2.27. The fraction of sp³-hybridized carbons (Fsp3) is 0.350. The van der Waals surface area contributed by atoms with Gasteiger partial charge in [0, 0.05) is 24.0 Å². The molecule has 0 bridgehead atoms. The van der Waals surface area contributed by atoms with Crippen molar-refractivity contribution in [3.63, 3.8) is 0 Å². The second kappa shape index (κ2) is 8.79. The Morgan fingerprint density at radius 1 is 1.12 bits per heavy atom. The molecule has 0 unspecified atom stereocenters. The Balaban J connectivity index is 1.57. The molecule has 1 saturated heterocycles. The number of nitrogens with zero attached hydrogens (tertiary/aromatic N) is 3. The van der Waals surface area contributed by atoms with E-state index in [9.17, 15) is 13.2 Å². The summed E-state index contributed by atoms with van der Waals surface area (Å²) in [4.78, 5) is 15.2. The normalized spacial score (nSPS) is 13.9. The van der Waals surface area contributed by atoms with Crippen molar-refractivity contribution in [3.05, 3.63) is 35.0 Å². The first kappa shape index (κ1) is 22.1. The van der Waals surface area contributed by atoms with Crippen molar-refractivity contribution in [2.45, 2.75) is 24.7 Å². The van der Waals surface area contributed by atoms with Crippen molar-refractivity contribution >= 4 is 33.0 Å². The van der Waals surface area contributed by atoms with E-state index in [0.29, 0.717) is 40.0 Å². The average molecular weight is 479 g/mol. The number of anilines is 1. The molecule has 0 spiro atoms. The van der Waals surface area contributed by atoms with Crippen LogP contribution in [0, 0.1) is 6.92 Å². The maximum Gasteiger partial charge on any atom is 0.311 e. The predicted octanol–water partition coefficient (Wildman–Crippen LogP) is 3.16. The van der Waals surface area contributed by atoms with Crippen molar-refractivity contribution < 1.29 is 27.1 Å². The van der Waals surface area contributed by atoms with Gasteiger partial charge in [-0.3, -0.25) is 9.52 Å². The van der Waals surface area contributed by atoms with Gasteiger partial charge in [0.05, 0.1) is 24.8 Å². The summed E-state index contributed by atoms with van der Waals surface area (Å²) in [5.41, 5.74) is 0.325. The van der Waals surface area contributed by atoms with Crippen molar-refractivity contribution in [2.24, 2.45) is 0 Å². The minimum Gasteiger partial charge on any atom is -0.493 e. The minimum atomic E-state index is -3.90. The highest BCUT2D eigenvalue weighted by atomic mass is 32.2. The third-order valence-corrected chi connectivity index (χ3v) is 7.68. The molecule has 0 radical (unpaired) electrons. The number of carbonyl (C=O) groups is 1. The van der Waals surface area contributed by atoms with Crippen LogP contribution < -0.4 is 14.2 Å². The number of methoxy groups -OCH3 is 2. The van der Waals surface area contributed by atoms with E-state index in [1.165, 1.54) is 37.7 Å². The number of rotatable bonds is 7.